The van der Waals surface area contributed by atoms with Crippen molar-refractivity contribution in [1.29, 1.82) is 0 Å². The summed E-state index contributed by atoms with van der Waals surface area (Å²) in [6.07, 6.45) is 2.15. The van der Waals surface area contributed by atoms with Crippen LogP contribution in [-0.2, 0) is 35.2 Å². The van der Waals surface area contributed by atoms with Crippen molar-refractivity contribution in [3.05, 3.63) is 29.8 Å². The number of aliphatic carboxylic acids is 3. The Morgan fingerprint density at radius 3 is 1.93 bits per heavy atom. The summed E-state index contributed by atoms with van der Waals surface area (Å²) >= 11 is 0. The topological polar surface area (TPSA) is 208 Å². The molecule has 0 heterocycles. The fraction of sp³-hybridized carbons (Fsp3) is 0.556. The van der Waals surface area contributed by atoms with Gasteiger partial charge in [-0.3, -0.25) is 19.2 Å². The van der Waals surface area contributed by atoms with Crippen molar-refractivity contribution in [3.8, 4) is 5.75 Å². The Hall–Kier alpha value is -4.16. The number of carboxylic acid groups (broad SMARTS) is 3. The van der Waals surface area contributed by atoms with Crippen LogP contribution in [0.3, 0.4) is 0 Å². The molecular weight excluding hydrogens is 526 g/mol. The van der Waals surface area contributed by atoms with Crippen molar-refractivity contribution >= 4 is 35.6 Å². The van der Waals surface area contributed by atoms with Crippen LogP contribution in [0.5, 0.6) is 5.75 Å². The molecule has 40 heavy (non-hydrogen) atoms. The molecule has 0 saturated carbocycles. The van der Waals surface area contributed by atoms with E-state index in [2.05, 4.69) is 16.0 Å². The van der Waals surface area contributed by atoms with Gasteiger partial charge in [0.2, 0.25) is 17.7 Å². The van der Waals surface area contributed by atoms with Gasteiger partial charge in [0.1, 0.15) is 17.8 Å². The molecule has 6 N–H and O–H groups in total. The third-order valence-electron chi connectivity index (χ3n) is 5.82. The van der Waals surface area contributed by atoms with Crippen LogP contribution in [-0.4, -0.2) is 75.7 Å². The predicted octanol–water partition coefficient (Wildman–Crippen LogP) is 1.48. The van der Waals surface area contributed by atoms with E-state index in [0.29, 0.717) is 18.5 Å². The first-order valence-electron chi connectivity index (χ1n) is 13.3. The van der Waals surface area contributed by atoms with E-state index in [-0.39, 0.29) is 18.6 Å². The Labute approximate surface area is 232 Å². The highest BCUT2D eigenvalue weighted by atomic mass is 16.5. The summed E-state index contributed by atoms with van der Waals surface area (Å²) < 4.78 is 4.98. The molecule has 3 amide bonds. The van der Waals surface area contributed by atoms with E-state index in [9.17, 15) is 33.9 Å². The second-order valence-electron chi connectivity index (χ2n) is 9.26. The van der Waals surface area contributed by atoms with Crippen LogP contribution in [0, 0.1) is 0 Å². The van der Waals surface area contributed by atoms with Crippen molar-refractivity contribution < 1.29 is 48.8 Å². The predicted molar refractivity (Wildman–Crippen MR) is 143 cm³/mol. The number of hydrogen-bond donors (Lipinski definition) is 6. The van der Waals surface area contributed by atoms with Gasteiger partial charge in [0, 0.05) is 19.4 Å². The molecule has 222 valence electrons. The zero-order valence-electron chi connectivity index (χ0n) is 22.8. The lowest BCUT2D eigenvalue weighted by Gasteiger charge is -2.23. The van der Waals surface area contributed by atoms with Gasteiger partial charge in [-0.1, -0.05) is 51.7 Å². The molecule has 0 bridgehead atoms. The number of carbonyl (C=O) groups is 6. The van der Waals surface area contributed by atoms with Crippen molar-refractivity contribution in [1.82, 2.24) is 16.0 Å². The lowest BCUT2D eigenvalue weighted by molar-refractivity contribution is -0.159. The molecule has 1 aromatic rings. The van der Waals surface area contributed by atoms with Crippen molar-refractivity contribution in [2.45, 2.75) is 89.8 Å². The van der Waals surface area contributed by atoms with E-state index in [0.717, 1.165) is 32.1 Å². The SMILES string of the molecule is CCCCCNC(=O)C(Cc1ccc(OC(C(=O)O)C(=O)O)cc1)NC(=O)C(CC(=O)O)NC(=O)CCCCC. The fourth-order valence-corrected chi connectivity index (χ4v) is 3.66. The Morgan fingerprint density at radius 1 is 0.775 bits per heavy atom. The summed E-state index contributed by atoms with van der Waals surface area (Å²) in [4.78, 5) is 71.8. The summed E-state index contributed by atoms with van der Waals surface area (Å²) in [5.74, 6) is -6.48. The Morgan fingerprint density at radius 2 is 1.38 bits per heavy atom. The smallest absolute Gasteiger partial charge is 0.356 e. The van der Waals surface area contributed by atoms with Crippen LogP contribution in [0.15, 0.2) is 24.3 Å². The first-order valence-corrected chi connectivity index (χ1v) is 13.3. The van der Waals surface area contributed by atoms with Gasteiger partial charge in [0.25, 0.3) is 6.10 Å². The number of ether oxygens (including phenoxy) is 1. The van der Waals surface area contributed by atoms with Gasteiger partial charge in [0.05, 0.1) is 6.42 Å². The molecule has 2 unspecified atom stereocenters. The molecule has 0 spiro atoms. The molecule has 0 saturated heterocycles. The van der Waals surface area contributed by atoms with Crippen LogP contribution >= 0.6 is 0 Å². The molecule has 1 aromatic carbocycles. The third kappa shape index (κ3) is 13.1. The van der Waals surface area contributed by atoms with Gasteiger partial charge in [-0.15, -0.1) is 0 Å². The highest BCUT2D eigenvalue weighted by molar-refractivity contribution is 5.96. The van der Waals surface area contributed by atoms with E-state index >= 15 is 0 Å². The minimum absolute atomic E-state index is 0.0306. The number of amides is 3. The molecule has 2 atom stereocenters. The van der Waals surface area contributed by atoms with Crippen molar-refractivity contribution in [2.75, 3.05) is 6.54 Å². The average Bonchev–Trinajstić information content (AvgIpc) is 2.89. The zero-order chi connectivity index (χ0) is 30.1. The first-order chi connectivity index (χ1) is 19.0. The minimum atomic E-state index is -2.10. The van der Waals surface area contributed by atoms with E-state index < -0.39 is 60.2 Å². The van der Waals surface area contributed by atoms with Crippen molar-refractivity contribution in [2.24, 2.45) is 0 Å². The number of carboxylic acids is 3. The number of unbranched alkanes of at least 4 members (excludes halogenated alkanes) is 4. The van der Waals surface area contributed by atoms with Crippen LogP contribution < -0.4 is 20.7 Å². The van der Waals surface area contributed by atoms with E-state index in [1.165, 1.54) is 24.3 Å². The quantitative estimate of drug-likeness (QED) is 0.0990. The standard InChI is InChI=1S/C27H39N3O10/c1-3-5-7-9-21(31)29-20(16-22(32)33)25(35)30-19(24(34)28-14-8-6-4-2)15-17-10-12-18(13-11-17)40-23(26(36)37)27(38)39/h10-13,19-20,23H,3-9,14-16H2,1-2H3,(H,28,34)(H,29,31)(H,30,35)(H,32,33)(H,36,37)(H,38,39). The summed E-state index contributed by atoms with van der Waals surface area (Å²) in [5.41, 5.74) is 0.516. The summed E-state index contributed by atoms with van der Waals surface area (Å²) in [6, 6.07) is 3.10. The van der Waals surface area contributed by atoms with Gasteiger partial charge in [-0.2, -0.15) is 0 Å². The van der Waals surface area contributed by atoms with Gasteiger partial charge < -0.3 is 36.0 Å². The lowest BCUT2D eigenvalue weighted by Crippen LogP contribution is -2.55. The zero-order valence-corrected chi connectivity index (χ0v) is 22.8. The summed E-state index contributed by atoms with van der Waals surface area (Å²) in [7, 11) is 0. The van der Waals surface area contributed by atoms with E-state index in [1.54, 1.807) is 0 Å². The Bertz CT molecular complexity index is 998. The first kappa shape index (κ1) is 33.9. The Kier molecular flexibility index (Phi) is 15.4. The monoisotopic (exact) mass is 565 g/mol. The molecule has 0 aliphatic rings. The lowest BCUT2D eigenvalue weighted by atomic mass is 10.0. The van der Waals surface area contributed by atoms with Crippen LogP contribution in [0.4, 0.5) is 0 Å². The molecule has 0 aliphatic heterocycles. The molecule has 13 nitrogen and oxygen atoms in total. The average molecular weight is 566 g/mol. The highest BCUT2D eigenvalue weighted by Crippen LogP contribution is 2.16. The van der Waals surface area contributed by atoms with Gasteiger partial charge >= 0.3 is 17.9 Å². The second-order valence-corrected chi connectivity index (χ2v) is 9.26. The molecule has 0 aromatic heterocycles. The molecule has 1 rings (SSSR count). The van der Waals surface area contributed by atoms with Crippen LogP contribution in [0.2, 0.25) is 0 Å². The molecule has 0 radical (unpaired) electrons. The van der Waals surface area contributed by atoms with Crippen molar-refractivity contribution in [3.63, 3.8) is 0 Å². The van der Waals surface area contributed by atoms with Gasteiger partial charge in [-0.05, 0) is 30.5 Å². The summed E-state index contributed by atoms with van der Waals surface area (Å²) in [6.45, 7) is 4.34. The number of benzene rings is 1. The van der Waals surface area contributed by atoms with Gasteiger partial charge in [-0.25, -0.2) is 9.59 Å². The minimum Gasteiger partial charge on any atom is -0.481 e. The largest absolute Gasteiger partial charge is 0.481 e. The Balaban J connectivity index is 3.05. The van der Waals surface area contributed by atoms with Crippen LogP contribution in [0.1, 0.15) is 70.8 Å². The fourth-order valence-electron chi connectivity index (χ4n) is 3.66. The van der Waals surface area contributed by atoms with Gasteiger partial charge in [0.15, 0.2) is 0 Å². The normalized spacial score (nSPS) is 12.2. The van der Waals surface area contributed by atoms with E-state index in [1.807, 2.05) is 13.8 Å². The maximum Gasteiger partial charge on any atom is 0.356 e. The molecule has 13 heteroatoms. The molecular formula is C27H39N3O10. The second kappa shape index (κ2) is 18.2. The maximum atomic E-state index is 13.0. The molecule has 0 aliphatic carbocycles. The highest BCUT2D eigenvalue weighted by Gasteiger charge is 2.30. The number of rotatable bonds is 20. The number of hydrogen-bond acceptors (Lipinski definition) is 7. The number of carbonyl (C=O) groups excluding carboxylic acids is 3. The van der Waals surface area contributed by atoms with Crippen LogP contribution in [0.25, 0.3) is 0 Å². The summed E-state index contributed by atoms with van der Waals surface area (Å²) in [5, 5.41) is 35.0. The molecule has 0 fully saturated rings. The van der Waals surface area contributed by atoms with E-state index in [4.69, 9.17) is 14.9 Å². The maximum absolute atomic E-state index is 13.0. The number of nitrogens with one attached hydrogen (secondary N) is 3. The third-order valence-corrected chi connectivity index (χ3v) is 5.82.